The Labute approximate surface area is 121 Å². The van der Waals surface area contributed by atoms with E-state index in [1.54, 1.807) is 0 Å². The van der Waals surface area contributed by atoms with Crippen molar-refractivity contribution in [1.82, 2.24) is 0 Å². The average molecular weight is 268 g/mol. The Bertz CT molecular complexity index is 222. The van der Waals surface area contributed by atoms with Gasteiger partial charge in [-0.2, -0.15) is 0 Å². The molecule has 0 aliphatic rings. The molecular weight excluding hydrogens is 232 g/mol. The summed E-state index contributed by atoms with van der Waals surface area (Å²) >= 11 is 0. The molecule has 1 nitrogen and oxygen atoms in total. The smallest absolute Gasteiger partial charge is 0.138 e. The van der Waals surface area contributed by atoms with E-state index in [4.69, 9.17) is 0 Å². The van der Waals surface area contributed by atoms with Crippen LogP contribution in [-0.2, 0) is 4.79 Å². The Hall–Kier alpha value is -0.330. The molecule has 114 valence electrons. The van der Waals surface area contributed by atoms with Gasteiger partial charge in [-0.15, -0.1) is 0 Å². The van der Waals surface area contributed by atoms with Crippen molar-refractivity contribution in [2.75, 3.05) is 0 Å². The molecule has 0 fully saturated rings. The van der Waals surface area contributed by atoms with E-state index >= 15 is 0 Å². The SMILES string of the molecule is CC(C)CCCCCCCCCCC(=O)C(C)(C)C. The van der Waals surface area contributed by atoms with E-state index in [1.807, 2.05) is 20.8 Å². The molecule has 0 amide bonds. The molecule has 0 unspecified atom stereocenters. The lowest BCUT2D eigenvalue weighted by molar-refractivity contribution is -0.126. The lowest BCUT2D eigenvalue weighted by atomic mass is 9.88. The number of hydrogen-bond acceptors (Lipinski definition) is 1. The highest BCUT2D eigenvalue weighted by Crippen LogP contribution is 2.19. The van der Waals surface area contributed by atoms with Crippen molar-refractivity contribution in [2.45, 2.75) is 98.8 Å². The predicted octanol–water partition coefficient (Wildman–Crippen LogP) is 6.16. The molecule has 0 aliphatic heterocycles. The van der Waals surface area contributed by atoms with E-state index < -0.39 is 0 Å². The first kappa shape index (κ1) is 18.7. The summed E-state index contributed by atoms with van der Waals surface area (Å²) in [7, 11) is 0. The molecule has 0 saturated heterocycles. The Morgan fingerprint density at radius 1 is 0.789 bits per heavy atom. The third-order valence-corrected chi connectivity index (χ3v) is 3.77. The van der Waals surface area contributed by atoms with Crippen molar-refractivity contribution in [3.63, 3.8) is 0 Å². The molecular formula is C18H36O. The number of rotatable bonds is 11. The molecule has 1 heteroatoms. The second-order valence-electron chi connectivity index (χ2n) is 7.43. The molecule has 0 aromatic heterocycles. The summed E-state index contributed by atoms with van der Waals surface area (Å²) in [4.78, 5) is 11.7. The van der Waals surface area contributed by atoms with Gasteiger partial charge in [-0.25, -0.2) is 0 Å². The van der Waals surface area contributed by atoms with Crippen molar-refractivity contribution in [3.8, 4) is 0 Å². The van der Waals surface area contributed by atoms with Gasteiger partial charge in [0.05, 0.1) is 0 Å². The zero-order valence-electron chi connectivity index (χ0n) is 14.1. The third-order valence-electron chi connectivity index (χ3n) is 3.77. The summed E-state index contributed by atoms with van der Waals surface area (Å²) in [6.45, 7) is 10.7. The highest BCUT2D eigenvalue weighted by molar-refractivity contribution is 5.83. The molecule has 0 N–H and O–H groups in total. The fourth-order valence-electron chi connectivity index (χ4n) is 2.27. The fourth-order valence-corrected chi connectivity index (χ4v) is 2.27. The van der Waals surface area contributed by atoms with E-state index in [1.165, 1.54) is 51.4 Å². The Kier molecular flexibility index (Phi) is 10.3. The van der Waals surface area contributed by atoms with Crippen LogP contribution in [0.1, 0.15) is 98.8 Å². The summed E-state index contributed by atoms with van der Waals surface area (Å²) < 4.78 is 0. The number of hydrogen-bond donors (Lipinski definition) is 0. The molecule has 0 saturated carbocycles. The molecule has 19 heavy (non-hydrogen) atoms. The van der Waals surface area contributed by atoms with Gasteiger partial charge in [0.25, 0.3) is 0 Å². The number of carbonyl (C=O) groups excluding carboxylic acids is 1. The summed E-state index contributed by atoms with van der Waals surface area (Å²) in [5, 5.41) is 0. The molecule has 0 aromatic carbocycles. The van der Waals surface area contributed by atoms with Crippen molar-refractivity contribution < 1.29 is 4.79 Å². The minimum absolute atomic E-state index is 0.142. The lowest BCUT2D eigenvalue weighted by Crippen LogP contribution is -2.19. The molecule has 0 spiro atoms. The van der Waals surface area contributed by atoms with Crippen LogP contribution in [0.5, 0.6) is 0 Å². The third kappa shape index (κ3) is 12.4. The van der Waals surface area contributed by atoms with Crippen molar-refractivity contribution in [3.05, 3.63) is 0 Å². The maximum atomic E-state index is 11.7. The quantitative estimate of drug-likeness (QED) is 0.410. The molecule has 0 aromatic rings. The number of ketones is 1. The maximum absolute atomic E-state index is 11.7. The van der Waals surface area contributed by atoms with Gasteiger partial charge >= 0.3 is 0 Å². The van der Waals surface area contributed by atoms with Gasteiger partial charge in [0.1, 0.15) is 5.78 Å². The minimum atomic E-state index is -0.142. The molecule has 0 heterocycles. The van der Waals surface area contributed by atoms with Gasteiger partial charge in [-0.05, 0) is 12.3 Å². The van der Waals surface area contributed by atoms with Crippen molar-refractivity contribution in [1.29, 1.82) is 0 Å². The average Bonchev–Trinajstić information content (AvgIpc) is 2.29. The summed E-state index contributed by atoms with van der Waals surface area (Å²) in [5.74, 6) is 1.28. The topological polar surface area (TPSA) is 17.1 Å². The van der Waals surface area contributed by atoms with E-state index in [9.17, 15) is 4.79 Å². The van der Waals surface area contributed by atoms with Gasteiger partial charge in [0.15, 0.2) is 0 Å². The largest absolute Gasteiger partial charge is 0.299 e. The van der Waals surface area contributed by atoms with Crippen LogP contribution in [0.3, 0.4) is 0 Å². The van der Waals surface area contributed by atoms with Gasteiger partial charge in [-0.1, -0.05) is 86.0 Å². The molecule has 0 radical (unpaired) electrons. The molecule has 0 rings (SSSR count). The highest BCUT2D eigenvalue weighted by atomic mass is 16.1. The van der Waals surface area contributed by atoms with E-state index in [2.05, 4.69) is 13.8 Å². The Balaban J connectivity index is 3.22. The molecule has 0 aliphatic carbocycles. The summed E-state index contributed by atoms with van der Waals surface area (Å²) in [6.07, 6.45) is 12.7. The van der Waals surface area contributed by atoms with Crippen molar-refractivity contribution >= 4 is 5.78 Å². The number of unbranched alkanes of at least 4 members (excludes halogenated alkanes) is 7. The maximum Gasteiger partial charge on any atom is 0.138 e. The summed E-state index contributed by atoms with van der Waals surface area (Å²) in [5.41, 5.74) is -0.142. The molecule has 0 bridgehead atoms. The first-order valence-electron chi connectivity index (χ1n) is 8.37. The lowest BCUT2D eigenvalue weighted by Gasteiger charge is -2.16. The predicted molar refractivity (Wildman–Crippen MR) is 85.5 cm³/mol. The van der Waals surface area contributed by atoms with Gasteiger partial charge < -0.3 is 0 Å². The van der Waals surface area contributed by atoms with Crippen LogP contribution in [0.2, 0.25) is 0 Å². The molecule has 0 atom stereocenters. The van der Waals surface area contributed by atoms with Gasteiger partial charge in [-0.3, -0.25) is 4.79 Å². The summed E-state index contributed by atoms with van der Waals surface area (Å²) in [6, 6.07) is 0. The highest BCUT2D eigenvalue weighted by Gasteiger charge is 2.19. The Morgan fingerprint density at radius 3 is 1.63 bits per heavy atom. The fraction of sp³-hybridized carbons (Fsp3) is 0.944. The second-order valence-corrected chi connectivity index (χ2v) is 7.43. The first-order chi connectivity index (χ1) is 8.84. The Morgan fingerprint density at radius 2 is 1.21 bits per heavy atom. The zero-order chi connectivity index (χ0) is 14.7. The van der Waals surface area contributed by atoms with E-state index in [-0.39, 0.29) is 5.41 Å². The first-order valence-corrected chi connectivity index (χ1v) is 8.37. The normalized spacial score (nSPS) is 12.1. The van der Waals surface area contributed by atoms with Crippen LogP contribution >= 0.6 is 0 Å². The van der Waals surface area contributed by atoms with Gasteiger partial charge in [0.2, 0.25) is 0 Å². The zero-order valence-corrected chi connectivity index (χ0v) is 14.1. The van der Waals surface area contributed by atoms with E-state index in [0.29, 0.717) is 5.78 Å². The minimum Gasteiger partial charge on any atom is -0.299 e. The number of carbonyl (C=O) groups is 1. The van der Waals surface area contributed by atoms with E-state index in [0.717, 1.165) is 18.8 Å². The van der Waals surface area contributed by atoms with Crippen LogP contribution in [-0.4, -0.2) is 5.78 Å². The van der Waals surface area contributed by atoms with Crippen LogP contribution in [0.4, 0.5) is 0 Å². The van der Waals surface area contributed by atoms with Crippen molar-refractivity contribution in [2.24, 2.45) is 11.3 Å². The monoisotopic (exact) mass is 268 g/mol. The van der Waals surface area contributed by atoms with Gasteiger partial charge in [0, 0.05) is 11.8 Å². The second kappa shape index (κ2) is 10.5. The van der Waals surface area contributed by atoms with Crippen LogP contribution in [0.15, 0.2) is 0 Å². The van der Waals surface area contributed by atoms with Crippen LogP contribution in [0, 0.1) is 11.3 Å². The van der Waals surface area contributed by atoms with Crippen LogP contribution < -0.4 is 0 Å². The number of Topliss-reactive ketones (excluding diaryl/α,β-unsaturated/α-hetero) is 1. The van der Waals surface area contributed by atoms with Crippen LogP contribution in [0.25, 0.3) is 0 Å². The standard InChI is InChI=1S/C18H36O/c1-16(2)14-12-10-8-6-7-9-11-13-15-17(19)18(3,4)5/h16H,6-15H2,1-5H3.